The lowest BCUT2D eigenvalue weighted by atomic mass is 10.1. The van der Waals surface area contributed by atoms with Crippen LogP contribution in [-0.4, -0.2) is 11.1 Å². The zero-order valence-electron chi connectivity index (χ0n) is 10.1. The van der Waals surface area contributed by atoms with Crippen molar-refractivity contribution in [3.8, 4) is 0 Å². The summed E-state index contributed by atoms with van der Waals surface area (Å²) in [5, 5.41) is 6.55. The second-order valence-electron chi connectivity index (χ2n) is 4.23. The number of nitrogens with zero attached hydrogens (tertiary/aromatic N) is 1. The quantitative estimate of drug-likeness (QED) is 0.938. The minimum atomic E-state index is -0.214. The molecule has 1 heterocycles. The molecule has 0 bridgehead atoms. The van der Waals surface area contributed by atoms with Gasteiger partial charge in [-0.15, -0.1) is 0 Å². The number of amides is 1. The normalized spacial score (nSPS) is 10.7. The molecule has 0 saturated heterocycles. The summed E-state index contributed by atoms with van der Waals surface area (Å²) in [7, 11) is 0. The highest BCUT2D eigenvalue weighted by molar-refractivity contribution is 9.10. The number of hydrogen-bond acceptors (Lipinski definition) is 3. The van der Waals surface area contributed by atoms with Crippen molar-refractivity contribution in [2.24, 2.45) is 0 Å². The SMILES string of the molecule is CC(C)c1cc(NC(=O)c2ccc(Br)cc2)on1. The Morgan fingerprint density at radius 2 is 2.00 bits per heavy atom. The molecular weight excluding hydrogens is 296 g/mol. The predicted octanol–water partition coefficient (Wildman–Crippen LogP) is 3.81. The van der Waals surface area contributed by atoms with Crippen molar-refractivity contribution in [2.45, 2.75) is 19.8 Å². The number of hydrogen-bond donors (Lipinski definition) is 1. The van der Waals surface area contributed by atoms with Gasteiger partial charge < -0.3 is 4.52 Å². The zero-order chi connectivity index (χ0) is 13.1. The largest absolute Gasteiger partial charge is 0.338 e. The Balaban J connectivity index is 2.08. The summed E-state index contributed by atoms with van der Waals surface area (Å²) < 4.78 is 5.98. The van der Waals surface area contributed by atoms with Gasteiger partial charge in [-0.25, -0.2) is 0 Å². The van der Waals surface area contributed by atoms with E-state index in [1.54, 1.807) is 18.2 Å². The van der Waals surface area contributed by atoms with Gasteiger partial charge in [-0.1, -0.05) is 34.9 Å². The van der Waals surface area contributed by atoms with Crippen molar-refractivity contribution < 1.29 is 9.32 Å². The maximum absolute atomic E-state index is 11.9. The molecule has 0 aliphatic rings. The number of carbonyl (C=O) groups is 1. The van der Waals surface area contributed by atoms with E-state index in [-0.39, 0.29) is 11.8 Å². The van der Waals surface area contributed by atoms with Crippen molar-refractivity contribution in [3.63, 3.8) is 0 Å². The summed E-state index contributed by atoms with van der Waals surface area (Å²) >= 11 is 3.32. The number of anilines is 1. The number of benzene rings is 1. The van der Waals surface area contributed by atoms with Crippen molar-refractivity contribution >= 4 is 27.7 Å². The van der Waals surface area contributed by atoms with E-state index in [0.717, 1.165) is 10.2 Å². The molecule has 0 saturated carbocycles. The molecule has 0 atom stereocenters. The van der Waals surface area contributed by atoms with Crippen LogP contribution in [0.1, 0.15) is 35.8 Å². The molecule has 2 aromatic rings. The van der Waals surface area contributed by atoms with Crippen LogP contribution in [0.4, 0.5) is 5.88 Å². The van der Waals surface area contributed by atoms with Crippen LogP contribution >= 0.6 is 15.9 Å². The van der Waals surface area contributed by atoms with Gasteiger partial charge in [0, 0.05) is 16.1 Å². The van der Waals surface area contributed by atoms with Crippen LogP contribution in [0.25, 0.3) is 0 Å². The molecule has 0 spiro atoms. The molecule has 1 aromatic carbocycles. The molecule has 5 heteroatoms. The van der Waals surface area contributed by atoms with Gasteiger partial charge in [0.1, 0.15) is 0 Å². The molecule has 18 heavy (non-hydrogen) atoms. The van der Waals surface area contributed by atoms with E-state index in [9.17, 15) is 4.79 Å². The third-order valence-corrected chi connectivity index (χ3v) is 2.99. The monoisotopic (exact) mass is 308 g/mol. The van der Waals surface area contributed by atoms with Crippen LogP contribution in [0.2, 0.25) is 0 Å². The summed E-state index contributed by atoms with van der Waals surface area (Å²) in [6.07, 6.45) is 0. The Labute approximate surface area is 113 Å². The Morgan fingerprint density at radius 3 is 2.56 bits per heavy atom. The Bertz CT molecular complexity index is 546. The highest BCUT2D eigenvalue weighted by atomic mass is 79.9. The third-order valence-electron chi connectivity index (χ3n) is 2.46. The van der Waals surface area contributed by atoms with E-state index in [1.807, 2.05) is 26.0 Å². The molecule has 1 aromatic heterocycles. The van der Waals surface area contributed by atoms with Crippen LogP contribution in [0, 0.1) is 0 Å². The smallest absolute Gasteiger partial charge is 0.258 e. The van der Waals surface area contributed by atoms with Crippen LogP contribution in [-0.2, 0) is 0 Å². The first kappa shape index (κ1) is 12.8. The molecule has 1 N–H and O–H groups in total. The van der Waals surface area contributed by atoms with Gasteiger partial charge in [0.15, 0.2) is 0 Å². The van der Waals surface area contributed by atoms with Gasteiger partial charge in [0.05, 0.1) is 5.69 Å². The molecule has 0 radical (unpaired) electrons. The number of nitrogens with one attached hydrogen (secondary N) is 1. The first-order valence-corrected chi connectivity index (χ1v) is 6.39. The molecular formula is C13H13BrN2O2. The van der Waals surface area contributed by atoms with Crippen molar-refractivity contribution in [1.82, 2.24) is 5.16 Å². The Morgan fingerprint density at radius 1 is 1.33 bits per heavy atom. The maximum Gasteiger partial charge on any atom is 0.258 e. The summed E-state index contributed by atoms with van der Waals surface area (Å²) in [6.45, 7) is 4.02. The summed E-state index contributed by atoms with van der Waals surface area (Å²) in [5.41, 5.74) is 1.39. The second kappa shape index (κ2) is 5.35. The van der Waals surface area contributed by atoms with Gasteiger partial charge >= 0.3 is 0 Å². The van der Waals surface area contributed by atoms with Crippen molar-refractivity contribution in [1.29, 1.82) is 0 Å². The third kappa shape index (κ3) is 2.98. The number of rotatable bonds is 3. The summed E-state index contributed by atoms with van der Waals surface area (Å²) in [4.78, 5) is 11.9. The molecule has 0 fully saturated rings. The van der Waals surface area contributed by atoms with Crippen molar-refractivity contribution in [3.05, 3.63) is 46.1 Å². The van der Waals surface area contributed by atoms with Gasteiger partial charge in [0.25, 0.3) is 5.91 Å². The highest BCUT2D eigenvalue weighted by Crippen LogP contribution is 2.18. The Hall–Kier alpha value is -1.62. The van der Waals surface area contributed by atoms with E-state index in [2.05, 4.69) is 26.4 Å². The topological polar surface area (TPSA) is 55.1 Å². The molecule has 0 aliphatic heterocycles. The van der Waals surface area contributed by atoms with E-state index in [0.29, 0.717) is 11.4 Å². The molecule has 1 amide bonds. The zero-order valence-corrected chi connectivity index (χ0v) is 11.7. The fraction of sp³-hybridized carbons (Fsp3) is 0.231. The minimum absolute atomic E-state index is 0.214. The van der Waals surface area contributed by atoms with Gasteiger partial charge in [-0.3, -0.25) is 10.1 Å². The van der Waals surface area contributed by atoms with Gasteiger partial charge in [-0.05, 0) is 30.2 Å². The van der Waals surface area contributed by atoms with E-state index in [4.69, 9.17) is 4.52 Å². The van der Waals surface area contributed by atoms with Gasteiger partial charge in [-0.2, -0.15) is 0 Å². The molecule has 94 valence electrons. The number of carbonyl (C=O) groups excluding carboxylic acids is 1. The highest BCUT2D eigenvalue weighted by Gasteiger charge is 2.11. The number of halogens is 1. The lowest BCUT2D eigenvalue weighted by Crippen LogP contribution is -2.10. The first-order valence-electron chi connectivity index (χ1n) is 5.60. The van der Waals surface area contributed by atoms with E-state index >= 15 is 0 Å². The fourth-order valence-electron chi connectivity index (χ4n) is 1.41. The predicted molar refractivity (Wildman–Crippen MR) is 72.7 cm³/mol. The molecule has 0 unspecified atom stereocenters. The van der Waals surface area contributed by atoms with E-state index in [1.165, 1.54) is 0 Å². The van der Waals surface area contributed by atoms with Crippen LogP contribution in [0.5, 0.6) is 0 Å². The first-order chi connectivity index (χ1) is 8.56. The number of aromatic nitrogens is 1. The maximum atomic E-state index is 11.9. The lowest BCUT2D eigenvalue weighted by Gasteiger charge is -2.00. The summed E-state index contributed by atoms with van der Waals surface area (Å²) in [5.74, 6) is 0.424. The standard InChI is InChI=1S/C13H13BrN2O2/c1-8(2)11-7-12(18-16-11)15-13(17)9-3-5-10(14)6-4-9/h3-8H,1-2H3,(H,15,17). The average Bonchev–Trinajstić information content (AvgIpc) is 2.78. The van der Waals surface area contributed by atoms with E-state index < -0.39 is 0 Å². The average molecular weight is 309 g/mol. The lowest BCUT2D eigenvalue weighted by molar-refractivity contribution is 0.102. The molecule has 2 rings (SSSR count). The fourth-order valence-corrected chi connectivity index (χ4v) is 1.67. The van der Waals surface area contributed by atoms with Gasteiger partial charge in [0.2, 0.25) is 5.88 Å². The second-order valence-corrected chi connectivity index (χ2v) is 5.15. The van der Waals surface area contributed by atoms with Crippen molar-refractivity contribution in [2.75, 3.05) is 5.32 Å². The van der Waals surface area contributed by atoms with Crippen LogP contribution in [0.15, 0.2) is 39.3 Å². The van der Waals surface area contributed by atoms with Crippen LogP contribution in [0.3, 0.4) is 0 Å². The Kier molecular flexibility index (Phi) is 3.81. The molecule has 4 nitrogen and oxygen atoms in total. The van der Waals surface area contributed by atoms with Crippen LogP contribution < -0.4 is 5.32 Å². The summed E-state index contributed by atoms with van der Waals surface area (Å²) in [6, 6.07) is 8.84. The molecule has 0 aliphatic carbocycles. The minimum Gasteiger partial charge on any atom is -0.338 e.